The molecule has 0 aliphatic carbocycles. The molecule has 0 aliphatic rings. The Kier molecular flexibility index (Phi) is 6.03. The van der Waals surface area contributed by atoms with E-state index in [0.29, 0.717) is 10.7 Å². The maximum absolute atomic E-state index is 12.6. The van der Waals surface area contributed by atoms with Gasteiger partial charge in [0.2, 0.25) is 0 Å². The molecule has 2 aromatic rings. The Balaban J connectivity index is 1.85. The third-order valence-electron chi connectivity index (χ3n) is 3.08. The van der Waals surface area contributed by atoms with Gasteiger partial charge in [0.25, 0.3) is 5.91 Å². The number of ether oxygens (including phenoxy) is 1. The minimum absolute atomic E-state index is 0.148. The van der Waals surface area contributed by atoms with Crippen LogP contribution in [0.15, 0.2) is 48.5 Å². The third-order valence-corrected chi connectivity index (χ3v) is 3.31. The molecule has 4 nitrogen and oxygen atoms in total. The minimum atomic E-state index is -4.49. The molecule has 0 radical (unpaired) electrons. The van der Waals surface area contributed by atoms with Gasteiger partial charge in [-0.05, 0) is 29.8 Å². The average Bonchev–Trinajstić information content (AvgIpc) is 2.52. The minimum Gasteiger partial charge on any atom is -0.455 e. The Bertz CT molecular complexity index is 778. The van der Waals surface area contributed by atoms with E-state index in [9.17, 15) is 22.8 Å². The van der Waals surface area contributed by atoms with Crippen LogP contribution >= 0.6 is 11.6 Å². The number of alkyl halides is 3. The summed E-state index contributed by atoms with van der Waals surface area (Å²) >= 11 is 5.77. The predicted molar refractivity (Wildman–Crippen MR) is 86.2 cm³/mol. The normalized spacial score (nSPS) is 11.0. The number of rotatable bonds is 5. The summed E-state index contributed by atoms with van der Waals surface area (Å²) in [7, 11) is 0. The van der Waals surface area contributed by atoms with Gasteiger partial charge < -0.3 is 10.1 Å². The summed E-state index contributed by atoms with van der Waals surface area (Å²) in [5.41, 5.74) is -0.266. The molecule has 0 unspecified atom stereocenters. The summed E-state index contributed by atoms with van der Waals surface area (Å²) in [5, 5.41) is 2.91. The highest BCUT2D eigenvalue weighted by Gasteiger charge is 2.30. The standard InChI is InChI=1S/C17H13ClF3NO3/c18-13-5-2-6-14(9-13)22-15(23)10-25-16(24)8-11-3-1-4-12(7-11)17(19,20)21/h1-7,9H,8,10H2,(H,22,23). The first-order chi connectivity index (χ1) is 11.7. The van der Waals surface area contributed by atoms with Gasteiger partial charge in [-0.2, -0.15) is 13.2 Å². The van der Waals surface area contributed by atoms with Crippen molar-refractivity contribution in [2.24, 2.45) is 0 Å². The molecule has 2 rings (SSSR count). The lowest BCUT2D eigenvalue weighted by Gasteiger charge is -2.09. The smallest absolute Gasteiger partial charge is 0.416 e. The zero-order valence-electron chi connectivity index (χ0n) is 12.8. The number of halogens is 4. The van der Waals surface area contributed by atoms with Crippen LogP contribution in [0, 0.1) is 0 Å². The number of hydrogen-bond acceptors (Lipinski definition) is 3. The number of esters is 1. The van der Waals surface area contributed by atoms with Crippen molar-refractivity contribution < 1.29 is 27.5 Å². The molecule has 0 heterocycles. The molecule has 8 heteroatoms. The van der Waals surface area contributed by atoms with E-state index in [2.05, 4.69) is 5.32 Å². The van der Waals surface area contributed by atoms with E-state index >= 15 is 0 Å². The van der Waals surface area contributed by atoms with E-state index < -0.39 is 30.2 Å². The average molecular weight is 372 g/mol. The van der Waals surface area contributed by atoms with Gasteiger partial charge in [-0.3, -0.25) is 9.59 Å². The lowest BCUT2D eigenvalue weighted by atomic mass is 10.1. The number of benzene rings is 2. The fourth-order valence-corrected chi connectivity index (χ4v) is 2.17. The van der Waals surface area contributed by atoms with Crippen LogP contribution in [0.1, 0.15) is 11.1 Å². The molecule has 2 aromatic carbocycles. The van der Waals surface area contributed by atoms with Gasteiger partial charge in [0.1, 0.15) is 0 Å². The highest BCUT2D eigenvalue weighted by atomic mass is 35.5. The summed E-state index contributed by atoms with van der Waals surface area (Å²) in [6.45, 7) is -0.551. The molecule has 1 N–H and O–H groups in total. The monoisotopic (exact) mass is 371 g/mol. The predicted octanol–water partition coefficient (Wildman–Crippen LogP) is 4.08. The van der Waals surface area contributed by atoms with Gasteiger partial charge in [0.15, 0.2) is 6.61 Å². The third kappa shape index (κ3) is 6.11. The van der Waals surface area contributed by atoms with Crippen molar-refractivity contribution >= 4 is 29.2 Å². The second kappa shape index (κ2) is 8.02. The highest BCUT2D eigenvalue weighted by Crippen LogP contribution is 2.29. The van der Waals surface area contributed by atoms with Gasteiger partial charge in [0.05, 0.1) is 12.0 Å². The second-order valence-corrected chi connectivity index (χ2v) is 5.53. The Hall–Kier alpha value is -2.54. The molecule has 0 atom stereocenters. The summed E-state index contributed by atoms with van der Waals surface area (Å²) in [6.07, 6.45) is -4.86. The van der Waals surface area contributed by atoms with Crippen LogP contribution < -0.4 is 5.32 Å². The molecule has 132 valence electrons. The Labute approximate surface area is 146 Å². The van der Waals surface area contributed by atoms with E-state index in [-0.39, 0.29) is 12.0 Å². The number of hydrogen-bond donors (Lipinski definition) is 1. The summed E-state index contributed by atoms with van der Waals surface area (Å²) < 4.78 is 42.6. The van der Waals surface area contributed by atoms with Crippen molar-refractivity contribution in [3.05, 3.63) is 64.7 Å². The number of anilines is 1. The molecule has 0 saturated carbocycles. The fraction of sp³-hybridized carbons (Fsp3) is 0.176. The summed E-state index contributed by atoms with van der Waals surface area (Å²) in [4.78, 5) is 23.4. The van der Waals surface area contributed by atoms with Gasteiger partial charge in [-0.25, -0.2) is 0 Å². The molecule has 25 heavy (non-hydrogen) atoms. The van der Waals surface area contributed by atoms with Crippen LogP contribution in [-0.2, 0) is 26.9 Å². The number of nitrogens with one attached hydrogen (secondary N) is 1. The van der Waals surface area contributed by atoms with Crippen LogP contribution in [0.4, 0.5) is 18.9 Å². The van der Waals surface area contributed by atoms with Crippen molar-refractivity contribution in [3.8, 4) is 0 Å². The largest absolute Gasteiger partial charge is 0.455 e. The van der Waals surface area contributed by atoms with Gasteiger partial charge in [0, 0.05) is 10.7 Å². The Morgan fingerprint density at radius 3 is 2.48 bits per heavy atom. The summed E-state index contributed by atoms with van der Waals surface area (Å²) in [5.74, 6) is -1.39. The topological polar surface area (TPSA) is 55.4 Å². The first-order valence-electron chi connectivity index (χ1n) is 7.11. The summed E-state index contributed by atoms with van der Waals surface area (Å²) in [6, 6.07) is 10.8. The molecule has 0 aromatic heterocycles. The molecule has 0 fully saturated rings. The maximum atomic E-state index is 12.6. The van der Waals surface area contributed by atoms with Crippen LogP contribution in [0.3, 0.4) is 0 Å². The van der Waals surface area contributed by atoms with E-state index in [1.165, 1.54) is 18.2 Å². The Morgan fingerprint density at radius 2 is 1.80 bits per heavy atom. The molecule has 0 bridgehead atoms. The lowest BCUT2D eigenvalue weighted by Crippen LogP contribution is -2.21. The molecule has 0 spiro atoms. The van der Waals surface area contributed by atoms with Crippen molar-refractivity contribution in [2.45, 2.75) is 12.6 Å². The van der Waals surface area contributed by atoms with E-state index in [1.807, 2.05) is 0 Å². The van der Waals surface area contributed by atoms with Crippen molar-refractivity contribution in [2.75, 3.05) is 11.9 Å². The number of carbonyl (C=O) groups excluding carboxylic acids is 2. The first kappa shape index (κ1) is 18.8. The van der Waals surface area contributed by atoms with Gasteiger partial charge in [-0.15, -0.1) is 0 Å². The fourth-order valence-electron chi connectivity index (χ4n) is 1.98. The van der Waals surface area contributed by atoms with Crippen molar-refractivity contribution in [3.63, 3.8) is 0 Å². The Morgan fingerprint density at radius 1 is 1.08 bits per heavy atom. The van der Waals surface area contributed by atoms with Crippen LogP contribution in [0.5, 0.6) is 0 Å². The number of amides is 1. The van der Waals surface area contributed by atoms with Gasteiger partial charge >= 0.3 is 12.1 Å². The van der Waals surface area contributed by atoms with Crippen molar-refractivity contribution in [1.29, 1.82) is 0 Å². The SMILES string of the molecule is O=C(COC(=O)Cc1cccc(C(F)(F)F)c1)Nc1cccc(Cl)c1. The van der Waals surface area contributed by atoms with E-state index in [4.69, 9.17) is 16.3 Å². The lowest BCUT2D eigenvalue weighted by molar-refractivity contribution is -0.146. The molecule has 1 amide bonds. The van der Waals surface area contributed by atoms with Crippen LogP contribution in [0.2, 0.25) is 5.02 Å². The second-order valence-electron chi connectivity index (χ2n) is 5.09. The quantitative estimate of drug-likeness (QED) is 0.806. The first-order valence-corrected chi connectivity index (χ1v) is 7.49. The highest BCUT2D eigenvalue weighted by molar-refractivity contribution is 6.30. The molecule has 0 aliphatic heterocycles. The maximum Gasteiger partial charge on any atom is 0.416 e. The van der Waals surface area contributed by atoms with E-state index in [1.54, 1.807) is 18.2 Å². The van der Waals surface area contributed by atoms with Gasteiger partial charge in [-0.1, -0.05) is 35.9 Å². The van der Waals surface area contributed by atoms with E-state index in [0.717, 1.165) is 12.1 Å². The van der Waals surface area contributed by atoms with Crippen molar-refractivity contribution in [1.82, 2.24) is 0 Å². The zero-order valence-corrected chi connectivity index (χ0v) is 13.5. The molecule has 0 saturated heterocycles. The molecular formula is C17H13ClF3NO3. The molecular weight excluding hydrogens is 359 g/mol. The van der Waals surface area contributed by atoms with Crippen LogP contribution in [0.25, 0.3) is 0 Å². The zero-order chi connectivity index (χ0) is 18.4. The van der Waals surface area contributed by atoms with Crippen LogP contribution in [-0.4, -0.2) is 18.5 Å². The number of carbonyl (C=O) groups is 2.